The number of rotatable bonds is 19. The highest BCUT2D eigenvalue weighted by molar-refractivity contribution is 7.87. The predicted molar refractivity (Wildman–Crippen MR) is 142 cm³/mol. The molecule has 1 saturated heterocycles. The lowest BCUT2D eigenvalue weighted by Gasteiger charge is -2.29. The summed E-state index contributed by atoms with van der Waals surface area (Å²) in [5.41, 5.74) is -1.43. The van der Waals surface area contributed by atoms with Gasteiger partial charge in [-0.1, -0.05) is 70.4 Å². The van der Waals surface area contributed by atoms with Gasteiger partial charge in [0.2, 0.25) is 0 Å². The van der Waals surface area contributed by atoms with Gasteiger partial charge in [-0.25, -0.2) is 0 Å². The number of hydrogen-bond donors (Lipinski definition) is 2. The first kappa shape index (κ1) is 34.0. The Bertz CT molecular complexity index is 839. The number of unbranched alkanes of at least 4 members (excludes halogenated alkanes) is 11. The van der Waals surface area contributed by atoms with E-state index in [2.05, 4.69) is 19.1 Å². The summed E-state index contributed by atoms with van der Waals surface area (Å²) in [6.45, 7) is 0.192. The Balaban J connectivity index is 2.24. The zero-order valence-corrected chi connectivity index (χ0v) is 23.6. The molecule has 0 spiro atoms. The lowest BCUT2D eigenvalue weighted by atomic mass is 9.92. The fraction of sp³-hybridized carbons (Fsp3) is 0.815. The van der Waals surface area contributed by atoms with Crippen molar-refractivity contribution in [2.45, 2.75) is 108 Å². The molecule has 1 rings (SSSR count). The van der Waals surface area contributed by atoms with Crippen LogP contribution in [0, 0.1) is 5.41 Å². The minimum atomic E-state index is -4.89. The molecule has 1 aliphatic heterocycles. The first-order valence-electron chi connectivity index (χ1n) is 13.8. The molecule has 10 nitrogen and oxygen atoms in total. The molecule has 0 aliphatic carbocycles. The first-order valence-corrected chi connectivity index (χ1v) is 15.3. The zero-order valence-electron chi connectivity index (χ0n) is 22.7. The van der Waals surface area contributed by atoms with Crippen molar-refractivity contribution in [2.75, 3.05) is 26.4 Å². The molecule has 1 aliphatic rings. The van der Waals surface area contributed by atoms with Crippen molar-refractivity contribution in [1.82, 2.24) is 0 Å². The van der Waals surface area contributed by atoms with Gasteiger partial charge in [-0.2, -0.15) is 8.42 Å². The van der Waals surface area contributed by atoms with Crippen LogP contribution in [0.4, 0.5) is 0 Å². The van der Waals surface area contributed by atoms with Gasteiger partial charge >= 0.3 is 17.9 Å². The van der Waals surface area contributed by atoms with Crippen LogP contribution in [0.3, 0.4) is 0 Å². The topological polar surface area (TPSA) is 154 Å². The van der Waals surface area contributed by atoms with E-state index in [1.165, 1.54) is 38.5 Å². The van der Waals surface area contributed by atoms with E-state index in [4.69, 9.17) is 14.2 Å². The Morgan fingerprint density at radius 3 is 2.08 bits per heavy atom. The van der Waals surface area contributed by atoms with Gasteiger partial charge in [-0.15, -0.1) is 0 Å². The van der Waals surface area contributed by atoms with Crippen molar-refractivity contribution in [3.8, 4) is 0 Å². The Hall–Kier alpha value is -1.98. The Labute approximate surface area is 227 Å². The smallest absolute Gasteiger partial charge is 0.327 e. The Morgan fingerprint density at radius 1 is 0.947 bits per heavy atom. The molecule has 2 unspecified atom stereocenters. The summed E-state index contributed by atoms with van der Waals surface area (Å²) in [6, 6.07) is 0. The molecule has 0 aromatic rings. The van der Waals surface area contributed by atoms with E-state index in [9.17, 15) is 32.5 Å². The van der Waals surface area contributed by atoms with E-state index in [-0.39, 0.29) is 13.0 Å². The highest BCUT2D eigenvalue weighted by Gasteiger charge is 2.42. The summed E-state index contributed by atoms with van der Waals surface area (Å²) in [6.07, 6.45) is 18.7. The van der Waals surface area contributed by atoms with Crippen LogP contribution in [-0.2, 0) is 38.7 Å². The van der Waals surface area contributed by atoms with E-state index in [0.29, 0.717) is 6.42 Å². The number of aliphatic hydroxyl groups excluding tert-OH is 1. The number of aliphatic hydroxyl groups is 1. The number of esters is 3. The van der Waals surface area contributed by atoms with Crippen LogP contribution in [0.1, 0.15) is 103 Å². The Kier molecular flexibility index (Phi) is 17.1. The average molecular weight is 563 g/mol. The van der Waals surface area contributed by atoms with Crippen LogP contribution in [0.25, 0.3) is 0 Å². The number of carbonyl (C=O) groups is 3. The van der Waals surface area contributed by atoms with Crippen molar-refractivity contribution in [3.05, 3.63) is 12.2 Å². The maximum atomic E-state index is 12.2. The van der Waals surface area contributed by atoms with Gasteiger partial charge in [-0.05, 0) is 32.1 Å². The second-order valence-corrected chi connectivity index (χ2v) is 11.7. The quantitative estimate of drug-likeness (QED) is 0.0766. The van der Waals surface area contributed by atoms with Gasteiger partial charge in [0, 0.05) is 6.42 Å². The standard InChI is InChI=1S/C27H46O10S/c1-2-3-4-5-6-7-8-9-10-11-12-13-14-15-16-17-24(29)35-20-27(19-28)21-36-25(30)18-23(38(32,33)34)26(31)37-22-27/h9-10,23,28H,2-8,11-22H2,1H3,(H,32,33,34)/b10-9-. The highest BCUT2D eigenvalue weighted by atomic mass is 32.2. The van der Waals surface area contributed by atoms with Crippen molar-refractivity contribution >= 4 is 28.0 Å². The van der Waals surface area contributed by atoms with E-state index in [1.54, 1.807) is 0 Å². The molecule has 11 heteroatoms. The monoisotopic (exact) mass is 562 g/mol. The SMILES string of the molecule is CCCCCCCC/C=C\CCCCCCCC(=O)OCC1(CO)COC(=O)CC(S(=O)(=O)O)C(=O)OC1. The number of ether oxygens (including phenoxy) is 3. The van der Waals surface area contributed by atoms with Crippen molar-refractivity contribution in [2.24, 2.45) is 5.41 Å². The lowest BCUT2D eigenvalue weighted by Crippen LogP contribution is -2.42. The van der Waals surface area contributed by atoms with Gasteiger partial charge in [0.15, 0.2) is 5.25 Å². The second kappa shape index (κ2) is 19.1. The fourth-order valence-electron chi connectivity index (χ4n) is 3.98. The van der Waals surface area contributed by atoms with Crippen LogP contribution in [0.15, 0.2) is 12.2 Å². The second-order valence-electron chi connectivity index (χ2n) is 10.1. The van der Waals surface area contributed by atoms with Gasteiger partial charge in [0.25, 0.3) is 10.1 Å². The van der Waals surface area contributed by atoms with Crippen LogP contribution in [0.5, 0.6) is 0 Å². The van der Waals surface area contributed by atoms with Crippen molar-refractivity contribution in [3.63, 3.8) is 0 Å². The number of hydrogen-bond acceptors (Lipinski definition) is 9. The molecule has 0 radical (unpaired) electrons. The third-order valence-corrected chi connectivity index (χ3v) is 7.63. The molecular weight excluding hydrogens is 516 g/mol. The molecule has 0 bridgehead atoms. The maximum absolute atomic E-state index is 12.2. The molecule has 0 aromatic carbocycles. The third-order valence-electron chi connectivity index (χ3n) is 6.55. The Morgan fingerprint density at radius 2 is 1.50 bits per heavy atom. The van der Waals surface area contributed by atoms with Gasteiger partial charge in [0.1, 0.15) is 19.8 Å². The summed E-state index contributed by atoms with van der Waals surface area (Å²) in [5, 5.41) is 7.71. The van der Waals surface area contributed by atoms with E-state index >= 15 is 0 Å². The largest absolute Gasteiger partial charge is 0.465 e. The van der Waals surface area contributed by atoms with E-state index < -0.39 is 64.9 Å². The molecule has 0 saturated carbocycles. The summed E-state index contributed by atoms with van der Waals surface area (Å²) in [4.78, 5) is 36.1. The fourth-order valence-corrected chi connectivity index (χ4v) is 4.64. The normalized spacial score (nSPS) is 20.9. The number of cyclic esters (lactones) is 2. The van der Waals surface area contributed by atoms with E-state index in [1.807, 2.05) is 0 Å². The minimum Gasteiger partial charge on any atom is -0.465 e. The minimum absolute atomic E-state index is 0.185. The first-order chi connectivity index (χ1) is 18.1. The summed E-state index contributed by atoms with van der Waals surface area (Å²) < 4.78 is 47.0. The van der Waals surface area contributed by atoms with Crippen LogP contribution in [0.2, 0.25) is 0 Å². The molecule has 1 heterocycles. The van der Waals surface area contributed by atoms with Crippen molar-refractivity contribution < 1.29 is 46.7 Å². The molecule has 2 N–H and O–H groups in total. The molecule has 38 heavy (non-hydrogen) atoms. The van der Waals surface area contributed by atoms with Crippen LogP contribution >= 0.6 is 0 Å². The molecule has 1 fully saturated rings. The van der Waals surface area contributed by atoms with Crippen molar-refractivity contribution in [1.29, 1.82) is 0 Å². The molecule has 0 amide bonds. The van der Waals surface area contributed by atoms with Gasteiger partial charge in [0.05, 0.1) is 18.4 Å². The average Bonchev–Trinajstić information content (AvgIpc) is 2.94. The van der Waals surface area contributed by atoms with Gasteiger partial charge < -0.3 is 19.3 Å². The summed E-state index contributed by atoms with van der Waals surface area (Å²) in [5.74, 6) is -2.91. The molecular formula is C27H46O10S. The van der Waals surface area contributed by atoms with Crippen LogP contribution < -0.4 is 0 Å². The third kappa shape index (κ3) is 14.8. The van der Waals surface area contributed by atoms with Gasteiger partial charge in [-0.3, -0.25) is 18.9 Å². The zero-order chi connectivity index (χ0) is 28.3. The lowest BCUT2D eigenvalue weighted by molar-refractivity contribution is -0.161. The summed E-state index contributed by atoms with van der Waals surface area (Å²) in [7, 11) is -4.89. The molecule has 2 atom stereocenters. The molecule has 0 aromatic heterocycles. The van der Waals surface area contributed by atoms with Crippen LogP contribution in [-0.4, -0.2) is 67.7 Å². The highest BCUT2D eigenvalue weighted by Crippen LogP contribution is 2.23. The maximum Gasteiger partial charge on any atom is 0.327 e. The predicted octanol–water partition coefficient (Wildman–Crippen LogP) is 4.29. The van der Waals surface area contributed by atoms with E-state index in [0.717, 1.165) is 38.5 Å². The number of allylic oxidation sites excluding steroid dienone is 2. The molecule has 220 valence electrons. The summed E-state index contributed by atoms with van der Waals surface area (Å²) >= 11 is 0. The number of carbonyl (C=O) groups excluding carboxylic acids is 3.